The van der Waals surface area contributed by atoms with Crippen LogP contribution in [0.1, 0.15) is 50.2 Å². The molecule has 108 valence electrons. The van der Waals surface area contributed by atoms with Crippen LogP contribution in [0.15, 0.2) is 23.2 Å². The minimum Gasteiger partial charge on any atom is -0.496 e. The number of hydrogen-bond acceptors (Lipinski definition) is 3. The van der Waals surface area contributed by atoms with Crippen LogP contribution in [-0.4, -0.2) is 25.1 Å². The minimum absolute atomic E-state index is 0.141. The molecular weight excluding hydrogens is 250 g/mol. The summed E-state index contributed by atoms with van der Waals surface area (Å²) in [5.74, 6) is 0.912. The van der Waals surface area contributed by atoms with Crippen LogP contribution in [0.4, 0.5) is 0 Å². The van der Waals surface area contributed by atoms with E-state index in [9.17, 15) is 4.79 Å². The molecule has 0 radical (unpaired) electrons. The van der Waals surface area contributed by atoms with Gasteiger partial charge in [-0.15, -0.1) is 0 Å². The number of hydrogen-bond donors (Lipinski definition) is 0. The van der Waals surface area contributed by atoms with E-state index in [1.54, 1.807) is 14.0 Å². The summed E-state index contributed by atoms with van der Waals surface area (Å²) in [6.07, 6.45) is 8.58. The smallest absolute Gasteiger partial charge is 0.134 e. The van der Waals surface area contributed by atoms with Gasteiger partial charge in [-0.3, -0.25) is 9.79 Å². The van der Waals surface area contributed by atoms with E-state index in [1.807, 2.05) is 24.4 Å². The number of ketones is 1. The molecule has 2 rings (SSSR count). The minimum atomic E-state index is 0.141. The normalized spacial score (nSPS) is 16.5. The van der Waals surface area contributed by atoms with Crippen molar-refractivity contribution in [3.05, 3.63) is 29.3 Å². The molecule has 3 heteroatoms. The van der Waals surface area contributed by atoms with Gasteiger partial charge in [-0.25, -0.2) is 0 Å². The van der Waals surface area contributed by atoms with Crippen molar-refractivity contribution < 1.29 is 9.53 Å². The summed E-state index contributed by atoms with van der Waals surface area (Å²) < 4.78 is 5.36. The van der Waals surface area contributed by atoms with Crippen LogP contribution in [0, 0.1) is 0 Å². The lowest BCUT2D eigenvalue weighted by molar-refractivity contribution is -0.116. The first-order valence-corrected chi connectivity index (χ1v) is 7.39. The van der Waals surface area contributed by atoms with Crippen LogP contribution in [0.2, 0.25) is 0 Å². The Kier molecular flexibility index (Phi) is 5.33. The molecule has 0 aliphatic heterocycles. The van der Waals surface area contributed by atoms with Gasteiger partial charge in [0.1, 0.15) is 11.5 Å². The third-order valence-electron chi connectivity index (χ3n) is 3.81. The van der Waals surface area contributed by atoms with Gasteiger partial charge in [-0.05, 0) is 31.4 Å². The molecule has 1 aromatic rings. The zero-order chi connectivity index (χ0) is 14.4. The van der Waals surface area contributed by atoms with Crippen LogP contribution in [0.25, 0.3) is 0 Å². The van der Waals surface area contributed by atoms with E-state index in [1.165, 1.54) is 32.1 Å². The second-order valence-corrected chi connectivity index (χ2v) is 5.48. The van der Waals surface area contributed by atoms with Crippen molar-refractivity contribution in [1.29, 1.82) is 0 Å². The molecule has 0 N–H and O–H groups in total. The summed E-state index contributed by atoms with van der Waals surface area (Å²) in [6.45, 7) is 1.61. The maximum absolute atomic E-state index is 11.4. The fourth-order valence-corrected chi connectivity index (χ4v) is 2.75. The highest BCUT2D eigenvalue weighted by atomic mass is 16.5. The Balaban J connectivity index is 2.20. The van der Waals surface area contributed by atoms with Gasteiger partial charge in [0.25, 0.3) is 0 Å². The van der Waals surface area contributed by atoms with Crippen molar-refractivity contribution in [2.45, 2.75) is 51.5 Å². The van der Waals surface area contributed by atoms with Gasteiger partial charge in [-0.2, -0.15) is 0 Å². The van der Waals surface area contributed by atoms with Crippen molar-refractivity contribution in [3.8, 4) is 5.75 Å². The first kappa shape index (κ1) is 14.8. The molecule has 3 nitrogen and oxygen atoms in total. The van der Waals surface area contributed by atoms with Gasteiger partial charge in [-0.1, -0.05) is 31.4 Å². The summed E-state index contributed by atoms with van der Waals surface area (Å²) in [5, 5.41) is 0. The highest BCUT2D eigenvalue weighted by Crippen LogP contribution is 2.24. The van der Waals surface area contributed by atoms with E-state index < -0.39 is 0 Å². The molecule has 1 fully saturated rings. The third kappa shape index (κ3) is 3.92. The number of methoxy groups -OCH3 is 1. The van der Waals surface area contributed by atoms with E-state index in [4.69, 9.17) is 9.73 Å². The van der Waals surface area contributed by atoms with E-state index in [0.717, 1.165) is 16.9 Å². The zero-order valence-corrected chi connectivity index (χ0v) is 12.4. The Morgan fingerprint density at radius 2 is 2.10 bits per heavy atom. The van der Waals surface area contributed by atoms with Crippen molar-refractivity contribution >= 4 is 12.0 Å². The van der Waals surface area contributed by atoms with E-state index >= 15 is 0 Å². The second kappa shape index (κ2) is 7.22. The van der Waals surface area contributed by atoms with Gasteiger partial charge in [0.15, 0.2) is 0 Å². The van der Waals surface area contributed by atoms with Crippen molar-refractivity contribution in [2.24, 2.45) is 4.99 Å². The molecule has 0 unspecified atom stereocenters. The van der Waals surface area contributed by atoms with E-state index in [2.05, 4.69) is 0 Å². The van der Waals surface area contributed by atoms with Crippen LogP contribution in [-0.2, 0) is 11.2 Å². The van der Waals surface area contributed by atoms with Gasteiger partial charge >= 0.3 is 0 Å². The number of nitrogens with zero attached hydrogens (tertiary/aromatic N) is 1. The summed E-state index contributed by atoms with van der Waals surface area (Å²) in [7, 11) is 1.64. The molecule has 1 aliphatic carbocycles. The largest absolute Gasteiger partial charge is 0.496 e. The van der Waals surface area contributed by atoms with Crippen LogP contribution >= 0.6 is 0 Å². The maximum atomic E-state index is 11.4. The summed E-state index contributed by atoms with van der Waals surface area (Å²) >= 11 is 0. The van der Waals surface area contributed by atoms with Crippen LogP contribution in [0.5, 0.6) is 5.75 Å². The molecule has 0 bridgehead atoms. The van der Waals surface area contributed by atoms with Crippen molar-refractivity contribution in [3.63, 3.8) is 0 Å². The Morgan fingerprint density at radius 3 is 2.75 bits per heavy atom. The average Bonchev–Trinajstić information content (AvgIpc) is 2.46. The Morgan fingerprint density at radius 1 is 1.35 bits per heavy atom. The topological polar surface area (TPSA) is 38.7 Å². The van der Waals surface area contributed by atoms with Gasteiger partial charge in [0, 0.05) is 24.2 Å². The second-order valence-electron chi connectivity index (χ2n) is 5.48. The number of aliphatic imine (C=N–C) groups is 1. The molecule has 1 aliphatic rings. The van der Waals surface area contributed by atoms with Crippen LogP contribution < -0.4 is 4.74 Å². The van der Waals surface area contributed by atoms with E-state index in [0.29, 0.717) is 12.5 Å². The number of Topliss-reactive ketones (excluding diaryl/α,β-unsaturated/α-hetero) is 1. The average molecular weight is 273 g/mol. The number of rotatable bonds is 5. The highest BCUT2D eigenvalue weighted by Gasteiger charge is 2.13. The number of carbonyl (C=O) groups is 1. The predicted octanol–water partition coefficient (Wildman–Crippen LogP) is 3.58. The SMILES string of the molecule is COc1cccc(C=NC2CCCCC2)c1CC(C)=O. The van der Waals surface area contributed by atoms with Gasteiger partial charge in [0.2, 0.25) is 0 Å². The molecule has 0 spiro atoms. The molecule has 0 saturated heterocycles. The van der Waals surface area contributed by atoms with Crippen LogP contribution in [0.3, 0.4) is 0 Å². The predicted molar refractivity (Wildman–Crippen MR) is 81.8 cm³/mol. The number of benzene rings is 1. The fourth-order valence-electron chi connectivity index (χ4n) is 2.75. The quantitative estimate of drug-likeness (QED) is 0.769. The summed E-state index contributed by atoms with van der Waals surface area (Å²) in [5.41, 5.74) is 1.95. The Bertz CT molecular complexity index is 488. The van der Waals surface area contributed by atoms with Gasteiger partial charge < -0.3 is 4.74 Å². The molecule has 1 aromatic carbocycles. The Labute approximate surface area is 121 Å². The standard InChI is InChI=1S/C17H23NO2/c1-13(19)11-16-14(7-6-10-17(16)20-2)12-18-15-8-4-3-5-9-15/h6-7,10,12,15H,3-5,8-9,11H2,1-2H3. The lowest BCUT2D eigenvalue weighted by Crippen LogP contribution is -2.10. The van der Waals surface area contributed by atoms with Gasteiger partial charge in [0.05, 0.1) is 7.11 Å². The molecule has 0 amide bonds. The first-order valence-electron chi connectivity index (χ1n) is 7.39. The van der Waals surface area contributed by atoms with Crippen molar-refractivity contribution in [2.75, 3.05) is 7.11 Å². The Hall–Kier alpha value is -1.64. The number of ether oxygens (including phenoxy) is 1. The number of carbonyl (C=O) groups excluding carboxylic acids is 1. The summed E-state index contributed by atoms with van der Waals surface area (Å²) in [4.78, 5) is 16.1. The third-order valence-corrected chi connectivity index (χ3v) is 3.81. The lowest BCUT2D eigenvalue weighted by Gasteiger charge is -2.17. The monoisotopic (exact) mass is 273 g/mol. The molecular formula is C17H23NO2. The molecule has 0 atom stereocenters. The lowest BCUT2D eigenvalue weighted by atomic mass is 9.96. The van der Waals surface area contributed by atoms with E-state index in [-0.39, 0.29) is 5.78 Å². The molecule has 1 saturated carbocycles. The maximum Gasteiger partial charge on any atom is 0.134 e. The zero-order valence-electron chi connectivity index (χ0n) is 12.4. The molecule has 0 aromatic heterocycles. The highest BCUT2D eigenvalue weighted by molar-refractivity contribution is 5.87. The first-order chi connectivity index (χ1) is 9.70. The molecule has 0 heterocycles. The fraction of sp³-hybridized carbons (Fsp3) is 0.529. The van der Waals surface area contributed by atoms with Crippen molar-refractivity contribution in [1.82, 2.24) is 0 Å². The molecule has 20 heavy (non-hydrogen) atoms. The summed E-state index contributed by atoms with van der Waals surface area (Å²) in [6, 6.07) is 6.30.